The van der Waals surface area contributed by atoms with Gasteiger partial charge in [0.15, 0.2) is 5.03 Å². The van der Waals surface area contributed by atoms with Crippen molar-refractivity contribution in [3.63, 3.8) is 0 Å². The molecule has 0 fully saturated rings. The summed E-state index contributed by atoms with van der Waals surface area (Å²) in [6.07, 6.45) is 0. The first-order chi connectivity index (χ1) is 10.9. The number of benzene rings is 1. The number of aromatic nitrogens is 2. The van der Waals surface area contributed by atoms with E-state index in [1.165, 1.54) is 7.11 Å². The lowest BCUT2D eigenvalue weighted by Crippen LogP contribution is -2.14. The number of amides is 1. The van der Waals surface area contributed by atoms with Crippen LogP contribution in [0, 0.1) is 17.0 Å². The van der Waals surface area contributed by atoms with Crippen molar-refractivity contribution in [3.8, 4) is 5.75 Å². The molecule has 1 heterocycles. The van der Waals surface area contributed by atoms with Crippen LogP contribution >= 0.6 is 23.4 Å². The van der Waals surface area contributed by atoms with Gasteiger partial charge in [0.25, 0.3) is 0 Å². The van der Waals surface area contributed by atoms with Crippen LogP contribution in [-0.4, -0.2) is 33.9 Å². The summed E-state index contributed by atoms with van der Waals surface area (Å²) in [7, 11) is 1.48. The van der Waals surface area contributed by atoms with Gasteiger partial charge in [0.1, 0.15) is 11.4 Å². The number of aromatic amines is 1. The van der Waals surface area contributed by atoms with E-state index in [2.05, 4.69) is 15.5 Å². The van der Waals surface area contributed by atoms with Crippen LogP contribution in [0.5, 0.6) is 5.75 Å². The number of rotatable bonds is 6. The fourth-order valence-corrected chi connectivity index (χ4v) is 2.80. The molecule has 2 aromatic rings. The highest BCUT2D eigenvalue weighted by Crippen LogP contribution is 2.31. The Morgan fingerprint density at radius 3 is 2.96 bits per heavy atom. The Balaban J connectivity index is 2.04. The summed E-state index contributed by atoms with van der Waals surface area (Å²) < 4.78 is 5.13. The van der Waals surface area contributed by atoms with E-state index < -0.39 is 4.92 Å². The number of ether oxygens (including phenoxy) is 1. The molecule has 1 amide bonds. The topological polar surface area (TPSA) is 110 Å². The Morgan fingerprint density at radius 1 is 1.57 bits per heavy atom. The SMILES string of the molecule is COc1ccc(Cl)cc1NC(=O)CSc1n[nH]c(C)c1[N+](=O)[O-]. The van der Waals surface area contributed by atoms with E-state index in [4.69, 9.17) is 16.3 Å². The van der Waals surface area contributed by atoms with Gasteiger partial charge in [0.2, 0.25) is 5.91 Å². The van der Waals surface area contributed by atoms with E-state index in [9.17, 15) is 14.9 Å². The van der Waals surface area contributed by atoms with Crippen molar-refractivity contribution in [2.45, 2.75) is 11.9 Å². The van der Waals surface area contributed by atoms with E-state index in [1.807, 2.05) is 0 Å². The highest BCUT2D eigenvalue weighted by molar-refractivity contribution is 8.00. The predicted octanol–water partition coefficient (Wildman–Crippen LogP) is 3.02. The van der Waals surface area contributed by atoms with Crippen LogP contribution in [-0.2, 0) is 4.79 Å². The molecule has 1 aromatic heterocycles. The summed E-state index contributed by atoms with van der Waals surface area (Å²) in [6.45, 7) is 1.55. The van der Waals surface area contributed by atoms with Crippen molar-refractivity contribution in [3.05, 3.63) is 39.0 Å². The van der Waals surface area contributed by atoms with Crippen LogP contribution in [0.1, 0.15) is 5.69 Å². The van der Waals surface area contributed by atoms with Gasteiger partial charge in [0, 0.05) is 5.02 Å². The molecule has 0 radical (unpaired) electrons. The lowest BCUT2D eigenvalue weighted by molar-refractivity contribution is -0.388. The van der Waals surface area contributed by atoms with Crippen molar-refractivity contribution < 1.29 is 14.5 Å². The fourth-order valence-electron chi connectivity index (χ4n) is 1.81. The van der Waals surface area contributed by atoms with E-state index in [-0.39, 0.29) is 22.4 Å². The van der Waals surface area contributed by atoms with Gasteiger partial charge in [-0.25, -0.2) is 0 Å². The minimum absolute atomic E-state index is 0.0409. The van der Waals surface area contributed by atoms with Crippen molar-refractivity contribution in [2.75, 3.05) is 18.2 Å². The number of hydrogen-bond acceptors (Lipinski definition) is 6. The van der Waals surface area contributed by atoms with Crippen LogP contribution < -0.4 is 10.1 Å². The van der Waals surface area contributed by atoms with Crippen LogP contribution in [0.4, 0.5) is 11.4 Å². The molecule has 0 atom stereocenters. The van der Waals surface area contributed by atoms with Gasteiger partial charge in [-0.2, -0.15) is 5.10 Å². The number of H-pyrrole nitrogens is 1. The van der Waals surface area contributed by atoms with Crippen LogP contribution in [0.25, 0.3) is 0 Å². The zero-order chi connectivity index (χ0) is 17.0. The maximum absolute atomic E-state index is 12.0. The second-order valence-electron chi connectivity index (χ2n) is 4.44. The zero-order valence-corrected chi connectivity index (χ0v) is 13.8. The molecule has 0 aliphatic rings. The Morgan fingerprint density at radius 2 is 2.30 bits per heavy atom. The summed E-state index contributed by atoms with van der Waals surface area (Å²) in [5, 5.41) is 20.6. The Bertz CT molecular complexity index is 750. The second-order valence-corrected chi connectivity index (χ2v) is 5.84. The normalized spacial score (nSPS) is 10.4. The average Bonchev–Trinajstić information content (AvgIpc) is 2.86. The largest absolute Gasteiger partial charge is 0.495 e. The van der Waals surface area contributed by atoms with E-state index >= 15 is 0 Å². The highest BCUT2D eigenvalue weighted by Gasteiger charge is 2.22. The maximum Gasteiger partial charge on any atom is 0.323 e. The van der Waals surface area contributed by atoms with Gasteiger partial charge in [0.05, 0.1) is 23.5 Å². The molecule has 0 aliphatic heterocycles. The molecule has 0 saturated carbocycles. The first-order valence-electron chi connectivity index (χ1n) is 6.38. The summed E-state index contributed by atoms with van der Waals surface area (Å²) in [4.78, 5) is 22.4. The smallest absolute Gasteiger partial charge is 0.323 e. The number of methoxy groups -OCH3 is 1. The van der Waals surface area contributed by atoms with Crippen molar-refractivity contribution >= 4 is 40.6 Å². The third-order valence-electron chi connectivity index (χ3n) is 2.84. The molecule has 0 unspecified atom stereocenters. The van der Waals surface area contributed by atoms with Crippen molar-refractivity contribution in [1.29, 1.82) is 0 Å². The average molecular weight is 357 g/mol. The lowest BCUT2D eigenvalue weighted by atomic mass is 10.3. The molecule has 0 saturated heterocycles. The monoisotopic (exact) mass is 356 g/mol. The number of carbonyl (C=O) groups is 1. The molecule has 2 N–H and O–H groups in total. The van der Waals surface area contributed by atoms with Gasteiger partial charge in [-0.1, -0.05) is 23.4 Å². The van der Waals surface area contributed by atoms with Crippen LogP contribution in [0.15, 0.2) is 23.2 Å². The van der Waals surface area contributed by atoms with Crippen LogP contribution in [0.2, 0.25) is 5.02 Å². The predicted molar refractivity (Wildman–Crippen MR) is 87.3 cm³/mol. The number of hydrogen-bond donors (Lipinski definition) is 2. The molecule has 2 rings (SSSR count). The quantitative estimate of drug-likeness (QED) is 0.467. The van der Waals surface area contributed by atoms with Gasteiger partial charge in [-0.3, -0.25) is 20.0 Å². The number of nitrogens with one attached hydrogen (secondary N) is 2. The molecule has 1 aromatic carbocycles. The molecule has 122 valence electrons. The summed E-state index contributed by atoms with van der Waals surface area (Å²) in [6, 6.07) is 4.83. The van der Waals surface area contributed by atoms with Crippen LogP contribution in [0.3, 0.4) is 0 Å². The fraction of sp³-hybridized carbons (Fsp3) is 0.231. The summed E-state index contributed by atoms with van der Waals surface area (Å²) >= 11 is 6.86. The number of carbonyl (C=O) groups excluding carboxylic acids is 1. The molecular weight excluding hydrogens is 344 g/mol. The Hall–Kier alpha value is -2.26. The van der Waals surface area contributed by atoms with Gasteiger partial charge >= 0.3 is 5.69 Å². The van der Waals surface area contributed by atoms with Gasteiger partial charge in [-0.05, 0) is 25.1 Å². The Kier molecular flexibility index (Phi) is 5.45. The lowest BCUT2D eigenvalue weighted by Gasteiger charge is -2.10. The van der Waals surface area contributed by atoms with Gasteiger partial charge < -0.3 is 10.1 Å². The highest BCUT2D eigenvalue weighted by atomic mass is 35.5. The number of anilines is 1. The number of nitro groups is 1. The van der Waals surface area contributed by atoms with E-state index in [1.54, 1.807) is 25.1 Å². The number of nitrogens with zero attached hydrogens (tertiary/aromatic N) is 2. The minimum Gasteiger partial charge on any atom is -0.495 e. The molecule has 10 heteroatoms. The van der Waals surface area contributed by atoms with E-state index in [0.717, 1.165) is 11.8 Å². The van der Waals surface area contributed by atoms with Gasteiger partial charge in [-0.15, -0.1) is 0 Å². The number of halogens is 1. The molecule has 8 nitrogen and oxygen atoms in total. The van der Waals surface area contributed by atoms with E-state index in [0.29, 0.717) is 22.2 Å². The molecule has 0 spiro atoms. The second kappa shape index (κ2) is 7.34. The van der Waals surface area contributed by atoms with Crippen molar-refractivity contribution in [1.82, 2.24) is 10.2 Å². The third-order valence-corrected chi connectivity index (χ3v) is 4.04. The molecule has 23 heavy (non-hydrogen) atoms. The molecule has 0 aliphatic carbocycles. The maximum atomic E-state index is 12.0. The summed E-state index contributed by atoms with van der Waals surface area (Å²) in [5.41, 5.74) is 0.649. The minimum atomic E-state index is -0.529. The Labute approximate surface area is 140 Å². The standard InChI is InChI=1S/C13H13ClN4O4S/c1-7-12(18(20)21)13(17-16-7)23-6-11(19)15-9-5-8(14)3-4-10(9)22-2/h3-5H,6H2,1-2H3,(H,15,19)(H,16,17). The first-order valence-corrected chi connectivity index (χ1v) is 7.74. The number of aryl methyl sites for hydroxylation is 1. The summed E-state index contributed by atoms with van der Waals surface area (Å²) in [5.74, 6) is 0.0701. The number of thioether (sulfide) groups is 1. The first kappa shape index (κ1) is 17.1. The van der Waals surface area contributed by atoms with Crippen molar-refractivity contribution in [2.24, 2.45) is 0 Å². The molecule has 0 bridgehead atoms. The molecular formula is C13H13ClN4O4S. The third kappa shape index (κ3) is 4.14. The zero-order valence-electron chi connectivity index (χ0n) is 12.3.